The van der Waals surface area contributed by atoms with Gasteiger partial charge in [-0.2, -0.15) is 4.98 Å². The first-order valence-corrected chi connectivity index (χ1v) is 8.86. The topological polar surface area (TPSA) is 88.2 Å². The maximum atomic E-state index is 12.6. The van der Waals surface area contributed by atoms with Crippen molar-refractivity contribution in [3.8, 4) is 0 Å². The molecule has 2 aliphatic carbocycles. The van der Waals surface area contributed by atoms with Crippen LogP contribution in [0, 0.1) is 6.92 Å². The number of nitrogens with zero attached hydrogens (tertiary/aromatic N) is 2. The highest BCUT2D eigenvalue weighted by atomic mass is 16.5. The molecule has 0 saturated heterocycles. The van der Waals surface area contributed by atoms with Crippen molar-refractivity contribution >= 4 is 5.91 Å². The molecule has 128 valence electrons. The van der Waals surface area contributed by atoms with E-state index in [1.165, 1.54) is 12.8 Å². The lowest BCUT2D eigenvalue weighted by Crippen LogP contribution is -2.48. The molecule has 6 heteroatoms. The number of rotatable bonds is 4. The molecular weight excluding hydrogens is 294 g/mol. The molecule has 6 nitrogen and oxygen atoms in total. The number of amides is 1. The second kappa shape index (κ2) is 6.59. The van der Waals surface area contributed by atoms with Crippen molar-refractivity contribution in [2.24, 2.45) is 0 Å². The molecule has 0 aliphatic heterocycles. The van der Waals surface area contributed by atoms with E-state index in [0.29, 0.717) is 11.7 Å². The highest BCUT2D eigenvalue weighted by Gasteiger charge is 2.41. The summed E-state index contributed by atoms with van der Waals surface area (Å²) in [5.74, 6) is 1.01. The van der Waals surface area contributed by atoms with E-state index in [-0.39, 0.29) is 12.3 Å². The Morgan fingerprint density at radius 3 is 2.30 bits per heavy atom. The Morgan fingerprint density at radius 1 is 1.13 bits per heavy atom. The van der Waals surface area contributed by atoms with Gasteiger partial charge in [-0.25, -0.2) is 0 Å². The fourth-order valence-electron chi connectivity index (χ4n) is 4.05. The third kappa shape index (κ3) is 3.74. The average molecular weight is 321 g/mol. The maximum Gasteiger partial charge on any atom is 0.223 e. The SMILES string of the molecule is Cc1nc(C2(NC(=O)CC3(O)CCCC3)CCCCCC2)no1. The molecule has 3 rings (SSSR count). The first-order valence-electron chi connectivity index (χ1n) is 8.86. The van der Waals surface area contributed by atoms with Crippen LogP contribution in [0.1, 0.15) is 82.3 Å². The average Bonchev–Trinajstić information content (AvgIpc) is 3.04. The minimum absolute atomic E-state index is 0.0984. The standard InChI is InChI=1S/C17H27N3O3/c1-13-18-15(20-23-13)17(10-4-2-3-5-11-17)19-14(21)12-16(22)8-6-7-9-16/h22H,2-12H2,1H3,(H,19,21). The van der Waals surface area contributed by atoms with Crippen molar-refractivity contribution in [1.82, 2.24) is 15.5 Å². The van der Waals surface area contributed by atoms with Crippen molar-refractivity contribution in [2.45, 2.75) is 88.7 Å². The molecule has 1 heterocycles. The molecule has 2 N–H and O–H groups in total. The molecule has 0 unspecified atom stereocenters. The zero-order chi connectivity index (χ0) is 16.3. The summed E-state index contributed by atoms with van der Waals surface area (Å²) >= 11 is 0. The van der Waals surface area contributed by atoms with Gasteiger partial charge in [0.15, 0.2) is 5.82 Å². The third-order valence-electron chi connectivity index (χ3n) is 5.32. The van der Waals surface area contributed by atoms with Crippen LogP contribution in [0.2, 0.25) is 0 Å². The van der Waals surface area contributed by atoms with E-state index < -0.39 is 11.1 Å². The summed E-state index contributed by atoms with van der Waals surface area (Å²) in [6.45, 7) is 1.77. The summed E-state index contributed by atoms with van der Waals surface area (Å²) < 4.78 is 5.16. The maximum absolute atomic E-state index is 12.6. The second-order valence-corrected chi connectivity index (χ2v) is 7.29. The summed E-state index contributed by atoms with van der Waals surface area (Å²) in [6.07, 6.45) is 9.67. The van der Waals surface area contributed by atoms with Crippen LogP contribution in [0.3, 0.4) is 0 Å². The van der Waals surface area contributed by atoms with Gasteiger partial charge in [0.05, 0.1) is 12.0 Å². The summed E-state index contributed by atoms with van der Waals surface area (Å²) in [5.41, 5.74) is -1.37. The Kier molecular flexibility index (Phi) is 4.71. The van der Waals surface area contributed by atoms with Gasteiger partial charge in [0.25, 0.3) is 0 Å². The monoisotopic (exact) mass is 321 g/mol. The molecule has 1 aromatic heterocycles. The van der Waals surface area contributed by atoms with Crippen LogP contribution in [0.4, 0.5) is 0 Å². The lowest BCUT2D eigenvalue weighted by Gasteiger charge is -2.32. The molecule has 23 heavy (non-hydrogen) atoms. The van der Waals surface area contributed by atoms with Gasteiger partial charge in [-0.15, -0.1) is 0 Å². The van der Waals surface area contributed by atoms with E-state index in [0.717, 1.165) is 51.4 Å². The highest BCUT2D eigenvalue weighted by Crippen LogP contribution is 2.36. The van der Waals surface area contributed by atoms with Crippen molar-refractivity contribution in [3.05, 3.63) is 11.7 Å². The molecule has 1 aromatic rings. The van der Waals surface area contributed by atoms with Crippen LogP contribution in [0.15, 0.2) is 4.52 Å². The van der Waals surface area contributed by atoms with Gasteiger partial charge in [0.2, 0.25) is 11.8 Å². The van der Waals surface area contributed by atoms with Crippen LogP contribution in [-0.4, -0.2) is 26.8 Å². The molecule has 0 atom stereocenters. The smallest absolute Gasteiger partial charge is 0.223 e. The van der Waals surface area contributed by atoms with Gasteiger partial charge >= 0.3 is 0 Å². The number of carbonyl (C=O) groups is 1. The predicted molar refractivity (Wildman–Crippen MR) is 84.6 cm³/mol. The van der Waals surface area contributed by atoms with Gasteiger partial charge in [-0.3, -0.25) is 4.79 Å². The highest BCUT2D eigenvalue weighted by molar-refractivity contribution is 5.78. The number of hydrogen-bond acceptors (Lipinski definition) is 5. The van der Waals surface area contributed by atoms with E-state index in [9.17, 15) is 9.90 Å². The second-order valence-electron chi connectivity index (χ2n) is 7.29. The molecule has 0 spiro atoms. The van der Waals surface area contributed by atoms with E-state index >= 15 is 0 Å². The number of aromatic nitrogens is 2. The molecule has 0 bridgehead atoms. The van der Waals surface area contributed by atoms with Crippen LogP contribution in [-0.2, 0) is 10.3 Å². The van der Waals surface area contributed by atoms with Crippen LogP contribution in [0.5, 0.6) is 0 Å². The fourth-order valence-corrected chi connectivity index (χ4v) is 4.05. The molecule has 2 saturated carbocycles. The Labute approximate surface area is 137 Å². The zero-order valence-electron chi connectivity index (χ0n) is 13.9. The number of carbonyl (C=O) groups excluding carboxylic acids is 1. The van der Waals surface area contributed by atoms with E-state index in [1.807, 2.05) is 0 Å². The summed E-state index contributed by atoms with van der Waals surface area (Å²) in [7, 11) is 0. The Balaban J connectivity index is 1.76. The summed E-state index contributed by atoms with van der Waals surface area (Å²) in [6, 6.07) is 0. The fraction of sp³-hybridized carbons (Fsp3) is 0.824. The van der Waals surface area contributed by atoms with E-state index in [4.69, 9.17) is 4.52 Å². The van der Waals surface area contributed by atoms with E-state index in [1.54, 1.807) is 6.92 Å². The quantitative estimate of drug-likeness (QED) is 0.833. The summed E-state index contributed by atoms with van der Waals surface area (Å²) in [5, 5.41) is 17.8. The Hall–Kier alpha value is -1.43. The number of nitrogens with one attached hydrogen (secondary N) is 1. The van der Waals surface area contributed by atoms with E-state index in [2.05, 4.69) is 15.5 Å². The van der Waals surface area contributed by atoms with Crippen LogP contribution >= 0.6 is 0 Å². The molecule has 1 amide bonds. The van der Waals surface area contributed by atoms with Gasteiger partial charge in [-0.1, -0.05) is 43.7 Å². The van der Waals surface area contributed by atoms with Crippen molar-refractivity contribution in [2.75, 3.05) is 0 Å². The molecule has 2 fully saturated rings. The number of aliphatic hydroxyl groups is 1. The molecular formula is C17H27N3O3. The predicted octanol–water partition coefficient (Wildman–Crippen LogP) is 2.74. The molecule has 2 aliphatic rings. The lowest BCUT2D eigenvalue weighted by molar-refractivity contribution is -0.128. The lowest BCUT2D eigenvalue weighted by atomic mass is 9.88. The minimum atomic E-state index is -0.830. The zero-order valence-corrected chi connectivity index (χ0v) is 13.9. The van der Waals surface area contributed by atoms with Crippen molar-refractivity contribution < 1.29 is 14.4 Å². The van der Waals surface area contributed by atoms with Gasteiger partial charge in [0, 0.05) is 6.92 Å². The van der Waals surface area contributed by atoms with Crippen molar-refractivity contribution in [1.29, 1.82) is 0 Å². The number of hydrogen-bond donors (Lipinski definition) is 2. The Morgan fingerprint density at radius 2 is 1.74 bits per heavy atom. The van der Waals surface area contributed by atoms with Gasteiger partial charge in [0.1, 0.15) is 5.54 Å². The summed E-state index contributed by atoms with van der Waals surface area (Å²) in [4.78, 5) is 17.0. The minimum Gasteiger partial charge on any atom is -0.389 e. The Bertz CT molecular complexity index is 541. The van der Waals surface area contributed by atoms with Crippen LogP contribution in [0.25, 0.3) is 0 Å². The third-order valence-corrected chi connectivity index (χ3v) is 5.32. The van der Waals surface area contributed by atoms with Crippen LogP contribution < -0.4 is 5.32 Å². The van der Waals surface area contributed by atoms with Gasteiger partial charge in [-0.05, 0) is 25.7 Å². The first kappa shape index (κ1) is 16.4. The number of aryl methyl sites for hydroxylation is 1. The van der Waals surface area contributed by atoms with Crippen molar-refractivity contribution in [3.63, 3.8) is 0 Å². The normalized spacial score (nSPS) is 23.4. The molecule has 0 aromatic carbocycles. The van der Waals surface area contributed by atoms with Gasteiger partial charge < -0.3 is 14.9 Å². The first-order chi connectivity index (χ1) is 11.0. The largest absolute Gasteiger partial charge is 0.389 e. The molecule has 0 radical (unpaired) electrons.